The second-order valence-electron chi connectivity index (χ2n) is 15.6. The first-order valence-corrected chi connectivity index (χ1v) is 20.0. The lowest BCUT2D eigenvalue weighted by atomic mass is 9.88. The van der Waals surface area contributed by atoms with Crippen molar-refractivity contribution in [3.05, 3.63) is 87.2 Å². The number of aromatic hydroxyl groups is 1. The van der Waals surface area contributed by atoms with E-state index in [1.54, 1.807) is 29.3 Å². The number of amides is 3. The summed E-state index contributed by atoms with van der Waals surface area (Å²) in [4.78, 5) is 48.5. The minimum atomic E-state index is -0.613. The lowest BCUT2D eigenvalue weighted by molar-refractivity contribution is -0.136. The van der Waals surface area contributed by atoms with Crippen LogP contribution in [-0.4, -0.2) is 91.7 Å². The fraction of sp³-hybridized carbons (Fsp3) is 0.415. The summed E-state index contributed by atoms with van der Waals surface area (Å²) in [5.74, 6) is 0.791. The molecule has 3 fully saturated rings. The first-order chi connectivity index (χ1) is 27.1. The monoisotopic (exact) mass is 796 g/mol. The summed E-state index contributed by atoms with van der Waals surface area (Å²) in [5, 5.41) is 26.1. The van der Waals surface area contributed by atoms with E-state index in [-0.39, 0.29) is 40.7 Å². The highest BCUT2D eigenvalue weighted by molar-refractivity contribution is 6.32. The summed E-state index contributed by atoms with van der Waals surface area (Å²) in [5.41, 5.74) is 5.30. The maximum atomic E-state index is 13.4. The fourth-order valence-corrected chi connectivity index (χ4v) is 9.55. The molecule has 2 aromatic carbocycles. The molecule has 0 saturated carbocycles. The van der Waals surface area contributed by atoms with Crippen LogP contribution in [0.4, 0.5) is 11.5 Å². The van der Waals surface area contributed by atoms with Crippen LogP contribution in [0, 0.1) is 0 Å². The first-order valence-electron chi connectivity index (χ1n) is 19.3. The van der Waals surface area contributed by atoms with Crippen LogP contribution in [0.3, 0.4) is 0 Å². The second-order valence-corrected chi connectivity index (χ2v) is 16.4. The van der Waals surface area contributed by atoms with Gasteiger partial charge in [-0.05, 0) is 80.1 Å². The molecule has 290 valence electrons. The molecule has 13 nitrogen and oxygen atoms in total. The lowest BCUT2D eigenvalue weighted by Gasteiger charge is -2.43. The molecule has 56 heavy (non-hydrogen) atoms. The van der Waals surface area contributed by atoms with Crippen molar-refractivity contribution in [2.24, 2.45) is 0 Å². The maximum Gasteiger partial charge on any atom is 0.255 e. The summed E-state index contributed by atoms with van der Waals surface area (Å²) in [6, 6.07) is 14.5. The van der Waals surface area contributed by atoms with Crippen molar-refractivity contribution in [1.82, 2.24) is 30.3 Å². The minimum absolute atomic E-state index is 0.0228. The molecular formula is C41H42Cl2N8O5. The van der Waals surface area contributed by atoms with E-state index in [9.17, 15) is 19.5 Å². The molecule has 3 atom stereocenters. The summed E-state index contributed by atoms with van der Waals surface area (Å²) in [7, 11) is 0. The predicted octanol–water partition coefficient (Wildman–Crippen LogP) is 5.92. The molecular weight excluding hydrogens is 755 g/mol. The van der Waals surface area contributed by atoms with Crippen LogP contribution in [-0.2, 0) is 22.7 Å². The van der Waals surface area contributed by atoms with Crippen LogP contribution >= 0.6 is 23.2 Å². The van der Waals surface area contributed by atoms with E-state index in [4.69, 9.17) is 32.9 Å². The number of anilines is 2. The van der Waals surface area contributed by atoms with E-state index in [1.165, 1.54) is 0 Å². The van der Waals surface area contributed by atoms with Gasteiger partial charge in [-0.3, -0.25) is 29.6 Å². The molecule has 5 aliphatic heterocycles. The number of halogens is 2. The number of ether oxygens (including phenoxy) is 1. The van der Waals surface area contributed by atoms with E-state index in [1.807, 2.05) is 24.3 Å². The van der Waals surface area contributed by atoms with Gasteiger partial charge in [0.1, 0.15) is 23.6 Å². The second kappa shape index (κ2) is 14.5. The third-order valence-corrected chi connectivity index (χ3v) is 12.9. The van der Waals surface area contributed by atoms with Crippen molar-refractivity contribution in [2.45, 2.75) is 82.1 Å². The summed E-state index contributed by atoms with van der Waals surface area (Å²) < 4.78 is 6.55. The third kappa shape index (κ3) is 6.58. The molecule has 3 amide bonds. The molecule has 0 aliphatic carbocycles. The summed E-state index contributed by atoms with van der Waals surface area (Å²) in [6.07, 6.45) is 5.80. The number of phenols is 1. The number of carbonyl (C=O) groups excluding carboxylic acids is 3. The highest BCUT2D eigenvalue weighted by Gasteiger charge is 2.49. The average Bonchev–Trinajstić information content (AvgIpc) is 3.74. The number of carbonyl (C=O) groups is 3. The minimum Gasteiger partial charge on any atom is -0.506 e. The number of aromatic nitrogens is 3. The molecule has 9 rings (SSSR count). The number of fused-ring (bicyclic) bond motifs is 4. The van der Waals surface area contributed by atoms with Gasteiger partial charge in [-0.2, -0.15) is 0 Å². The Bertz CT molecular complexity index is 2250. The normalized spacial score (nSPS) is 23.7. The molecule has 0 unspecified atom stereocenters. The number of phenolic OH excluding ortho intramolecular Hbond substituents is 1. The van der Waals surface area contributed by atoms with Crippen molar-refractivity contribution in [3.8, 4) is 22.8 Å². The number of piperidine rings is 2. The largest absolute Gasteiger partial charge is 0.506 e. The van der Waals surface area contributed by atoms with Gasteiger partial charge in [0.2, 0.25) is 11.8 Å². The van der Waals surface area contributed by atoms with Crippen LogP contribution in [0.2, 0.25) is 10.0 Å². The SMILES string of the molecule is CC[C@]12CNc3nnc(-c4cccc(Cl)c4O)cc3N1C[C@H](Oc1cnc(CN3CCC(c4ccc5c(c4)C(=O)N([C@H]4CCC(=O)NC4=O)C5)CC3)c(Cl)c1)C2. The molecule has 7 heterocycles. The topological polar surface area (TPSA) is 153 Å². The van der Waals surface area contributed by atoms with Crippen molar-refractivity contribution < 1.29 is 24.2 Å². The van der Waals surface area contributed by atoms with Gasteiger partial charge in [0.05, 0.1) is 45.4 Å². The highest BCUT2D eigenvalue weighted by Crippen LogP contribution is 2.46. The van der Waals surface area contributed by atoms with Crippen LogP contribution in [0.5, 0.6) is 11.5 Å². The number of imide groups is 1. The summed E-state index contributed by atoms with van der Waals surface area (Å²) in [6.45, 7) is 6.26. The number of para-hydroxylation sites is 1. The standard InChI is InChI=1S/C41H42Cl2N8O5/c1-2-41-17-27(20-51(41)35-16-32(47-48-38(35)45-22-41)28-4-3-5-30(42)37(28)53)56-26-15-31(43)33(44-18-26)21-49-12-10-23(11-13-49)24-6-7-25-19-50(40(55)29(25)14-24)34-8-9-36(52)46-39(34)54/h3-7,14-16,18,23,27,34,53H,2,8-13,17,19-22H2,1H3,(H,45,48)(H,46,52,54)/t27-,34+,41+/m1/s1. The van der Waals surface area contributed by atoms with Gasteiger partial charge in [-0.1, -0.05) is 48.3 Å². The molecule has 0 spiro atoms. The Hall–Kier alpha value is -4.98. The highest BCUT2D eigenvalue weighted by atomic mass is 35.5. The predicted molar refractivity (Wildman–Crippen MR) is 211 cm³/mol. The average molecular weight is 798 g/mol. The fourth-order valence-electron chi connectivity index (χ4n) is 9.16. The van der Waals surface area contributed by atoms with Crippen molar-refractivity contribution >= 4 is 52.4 Å². The quantitative estimate of drug-likeness (QED) is 0.182. The number of benzene rings is 2. The zero-order chi connectivity index (χ0) is 38.7. The lowest BCUT2D eigenvalue weighted by Crippen LogP contribution is -2.52. The Morgan fingerprint density at radius 3 is 2.62 bits per heavy atom. The van der Waals surface area contributed by atoms with E-state index in [0.717, 1.165) is 61.3 Å². The first kappa shape index (κ1) is 36.6. The van der Waals surface area contributed by atoms with Gasteiger partial charge < -0.3 is 25.0 Å². The van der Waals surface area contributed by atoms with Crippen molar-refractivity contribution in [3.63, 3.8) is 0 Å². The molecule has 3 N–H and O–H groups in total. The molecule has 3 saturated heterocycles. The van der Waals surface area contributed by atoms with E-state index < -0.39 is 11.9 Å². The number of likely N-dealkylation sites (tertiary alicyclic amines) is 1. The number of nitrogens with zero attached hydrogens (tertiary/aromatic N) is 6. The van der Waals surface area contributed by atoms with E-state index >= 15 is 0 Å². The van der Waals surface area contributed by atoms with Gasteiger partial charge >= 0.3 is 0 Å². The number of hydrogen-bond acceptors (Lipinski definition) is 11. The Morgan fingerprint density at radius 2 is 1.84 bits per heavy atom. The van der Waals surface area contributed by atoms with Crippen molar-refractivity contribution in [1.29, 1.82) is 0 Å². The van der Waals surface area contributed by atoms with E-state index in [2.05, 4.69) is 43.6 Å². The maximum absolute atomic E-state index is 13.4. The van der Waals surface area contributed by atoms with Gasteiger partial charge in [0.15, 0.2) is 5.82 Å². The number of hydrogen-bond donors (Lipinski definition) is 3. The molecule has 2 aromatic heterocycles. The Kier molecular flexibility index (Phi) is 9.49. The number of pyridine rings is 1. The molecule has 0 bridgehead atoms. The zero-order valence-corrected chi connectivity index (χ0v) is 32.4. The van der Waals surface area contributed by atoms with Gasteiger partial charge in [0, 0.05) is 49.7 Å². The molecule has 15 heteroatoms. The number of rotatable bonds is 8. The van der Waals surface area contributed by atoms with Gasteiger partial charge in [0.25, 0.3) is 5.91 Å². The number of nitrogens with one attached hydrogen (secondary N) is 2. The Balaban J connectivity index is 0.818. The van der Waals surface area contributed by atoms with Gasteiger partial charge in [-0.15, -0.1) is 10.2 Å². The zero-order valence-electron chi connectivity index (χ0n) is 30.9. The Labute approximate surface area is 334 Å². The van der Waals surface area contributed by atoms with Crippen molar-refractivity contribution in [2.75, 3.05) is 36.4 Å². The molecule has 5 aliphatic rings. The third-order valence-electron chi connectivity index (χ3n) is 12.3. The Morgan fingerprint density at radius 1 is 1.00 bits per heavy atom. The van der Waals surface area contributed by atoms with Crippen LogP contribution in [0.25, 0.3) is 11.3 Å². The summed E-state index contributed by atoms with van der Waals surface area (Å²) >= 11 is 13.0. The van der Waals surface area contributed by atoms with Gasteiger partial charge in [-0.25, -0.2) is 0 Å². The molecule has 4 aromatic rings. The smallest absolute Gasteiger partial charge is 0.255 e. The van der Waals surface area contributed by atoms with Crippen LogP contribution in [0.15, 0.2) is 54.7 Å². The van der Waals surface area contributed by atoms with Crippen LogP contribution in [0.1, 0.15) is 78.5 Å². The van der Waals surface area contributed by atoms with E-state index in [0.29, 0.717) is 71.9 Å². The van der Waals surface area contributed by atoms with Crippen LogP contribution < -0.4 is 20.3 Å². The molecule has 0 radical (unpaired) electrons.